The van der Waals surface area contributed by atoms with Gasteiger partial charge >= 0.3 is 6.18 Å². The van der Waals surface area contributed by atoms with Crippen LogP contribution in [0.25, 0.3) is 11.0 Å². The number of ether oxygens (including phenoxy) is 2. The number of hydrogen-bond donors (Lipinski definition) is 0. The predicted molar refractivity (Wildman–Crippen MR) is 147 cm³/mol. The number of carbonyl (C=O) groups excluding carboxylic acids is 1. The predicted octanol–water partition coefficient (Wildman–Crippen LogP) is 6.78. The highest BCUT2D eigenvalue weighted by atomic mass is 32.2. The van der Waals surface area contributed by atoms with Crippen LogP contribution in [0.15, 0.2) is 59.8 Å². The van der Waals surface area contributed by atoms with Gasteiger partial charge in [-0.1, -0.05) is 17.7 Å². The van der Waals surface area contributed by atoms with E-state index in [-0.39, 0.29) is 65.3 Å². The molecule has 0 N–H and O–H groups in total. The number of aryl methyl sites for hydroxylation is 2. The molecule has 2 aromatic heterocycles. The molecule has 5 rings (SSSR count). The maximum absolute atomic E-state index is 15.1. The first-order valence-corrected chi connectivity index (χ1v) is 14.9. The van der Waals surface area contributed by atoms with Crippen LogP contribution in [-0.2, 0) is 32.4 Å². The molecule has 2 aromatic carbocycles. The maximum Gasteiger partial charge on any atom is 0.389 e. The Labute approximate surface area is 248 Å². The van der Waals surface area contributed by atoms with E-state index in [0.717, 1.165) is 36.2 Å². The van der Waals surface area contributed by atoms with Crippen LogP contribution in [0.3, 0.4) is 0 Å². The van der Waals surface area contributed by atoms with E-state index in [9.17, 15) is 30.8 Å². The second kappa shape index (κ2) is 11.9. The fourth-order valence-electron chi connectivity index (χ4n) is 4.80. The highest BCUT2D eigenvalue weighted by Gasteiger charge is 2.38. The van der Waals surface area contributed by atoms with E-state index >= 15 is 8.78 Å². The van der Waals surface area contributed by atoms with Crippen molar-refractivity contribution in [1.29, 1.82) is 0 Å². The minimum absolute atomic E-state index is 0.0313. The molecule has 1 fully saturated rings. The first-order valence-electron chi connectivity index (χ1n) is 13.5. The van der Waals surface area contributed by atoms with Gasteiger partial charge in [0.2, 0.25) is 0 Å². The van der Waals surface area contributed by atoms with Crippen LogP contribution >= 0.6 is 0 Å². The third-order valence-corrected chi connectivity index (χ3v) is 8.86. The molecule has 0 radical (unpaired) electrons. The molecule has 0 atom stereocenters. The highest BCUT2D eigenvalue weighted by Crippen LogP contribution is 2.38. The van der Waals surface area contributed by atoms with Crippen LogP contribution < -0.4 is 4.74 Å². The average Bonchev–Trinajstić information content (AvgIpc) is 3.32. The zero-order chi connectivity index (χ0) is 31.9. The molecule has 0 bridgehead atoms. The van der Waals surface area contributed by atoms with Gasteiger partial charge in [-0.25, -0.2) is 30.5 Å². The largest absolute Gasteiger partial charge is 0.450 e. The van der Waals surface area contributed by atoms with Crippen molar-refractivity contribution in [3.63, 3.8) is 0 Å². The summed E-state index contributed by atoms with van der Waals surface area (Å²) in [5.74, 6) is -4.12. The molecular formula is C30H26F6N2O5S. The summed E-state index contributed by atoms with van der Waals surface area (Å²) in [7, 11) is -4.34. The second-order valence-corrected chi connectivity index (χ2v) is 12.6. The molecule has 14 heteroatoms. The lowest BCUT2D eigenvalue weighted by molar-refractivity contribution is -0.139. The number of pyridine rings is 1. The third-order valence-electron chi connectivity index (χ3n) is 7.20. The number of Topliss-reactive ketones (excluding diaryl/α,β-unsaturated/α-hetero) is 1. The Bertz CT molecular complexity index is 1790. The number of fused-ring (bicyclic) bond motifs is 1. The van der Waals surface area contributed by atoms with Crippen molar-refractivity contribution in [3.05, 3.63) is 83.2 Å². The molecule has 0 amide bonds. The van der Waals surface area contributed by atoms with E-state index in [1.807, 2.05) is 0 Å². The molecule has 7 nitrogen and oxygen atoms in total. The normalized spacial score (nSPS) is 14.9. The van der Waals surface area contributed by atoms with Crippen molar-refractivity contribution in [2.45, 2.75) is 55.8 Å². The van der Waals surface area contributed by atoms with Crippen molar-refractivity contribution in [2.24, 2.45) is 0 Å². The Morgan fingerprint density at radius 3 is 2.34 bits per heavy atom. The van der Waals surface area contributed by atoms with Crippen LogP contribution in [0, 0.1) is 18.6 Å². The van der Waals surface area contributed by atoms with Crippen molar-refractivity contribution in [3.8, 4) is 11.5 Å². The maximum atomic E-state index is 15.1. The summed E-state index contributed by atoms with van der Waals surface area (Å²) in [6.45, 7) is 1.52. The van der Waals surface area contributed by atoms with Crippen LogP contribution in [-0.4, -0.2) is 48.2 Å². The van der Waals surface area contributed by atoms with Crippen LogP contribution in [0.1, 0.15) is 36.0 Å². The number of halogens is 6. The van der Waals surface area contributed by atoms with E-state index < -0.39 is 57.9 Å². The minimum atomic E-state index is -4.59. The Balaban J connectivity index is 1.48. The van der Waals surface area contributed by atoms with Gasteiger partial charge in [-0.2, -0.15) is 13.2 Å². The molecule has 1 aliphatic rings. The van der Waals surface area contributed by atoms with Gasteiger partial charge in [-0.3, -0.25) is 4.79 Å². The Hall–Kier alpha value is -3.91. The lowest BCUT2D eigenvalue weighted by Gasteiger charge is -2.33. The minimum Gasteiger partial charge on any atom is -0.450 e. The zero-order valence-corrected chi connectivity index (χ0v) is 24.1. The summed E-state index contributed by atoms with van der Waals surface area (Å²) in [5.41, 5.74) is -1.27. The monoisotopic (exact) mass is 640 g/mol. The number of carbonyl (C=O) groups is 1. The van der Waals surface area contributed by atoms with Crippen molar-refractivity contribution in [2.75, 3.05) is 13.2 Å². The number of rotatable bonds is 11. The number of hydrogen-bond acceptors (Lipinski definition) is 6. The van der Waals surface area contributed by atoms with Crippen molar-refractivity contribution < 1.29 is 49.0 Å². The molecular weight excluding hydrogens is 614 g/mol. The Kier molecular flexibility index (Phi) is 8.51. The van der Waals surface area contributed by atoms with Gasteiger partial charge in [0.15, 0.2) is 28.7 Å². The Morgan fingerprint density at radius 2 is 1.75 bits per heavy atom. The second-order valence-electron chi connectivity index (χ2n) is 10.7. The van der Waals surface area contributed by atoms with Crippen molar-refractivity contribution in [1.82, 2.24) is 8.96 Å². The molecule has 3 heterocycles. The third kappa shape index (κ3) is 6.75. The van der Waals surface area contributed by atoms with Gasteiger partial charge in [-0.05, 0) is 61.2 Å². The summed E-state index contributed by atoms with van der Waals surface area (Å²) in [6, 6.07) is 8.65. The van der Waals surface area contributed by atoms with Gasteiger partial charge < -0.3 is 9.47 Å². The fourth-order valence-corrected chi connectivity index (χ4v) is 6.14. The van der Waals surface area contributed by atoms with E-state index in [2.05, 4.69) is 4.98 Å². The van der Waals surface area contributed by atoms with E-state index in [1.54, 1.807) is 19.1 Å². The summed E-state index contributed by atoms with van der Waals surface area (Å²) in [4.78, 5) is 16.2. The number of aromatic nitrogens is 2. The summed E-state index contributed by atoms with van der Waals surface area (Å²) in [6.07, 6.45) is -5.08. The zero-order valence-electron chi connectivity index (χ0n) is 23.3. The van der Waals surface area contributed by atoms with E-state index in [0.29, 0.717) is 3.97 Å². The van der Waals surface area contributed by atoms with Gasteiger partial charge in [0.05, 0.1) is 23.5 Å². The smallest absolute Gasteiger partial charge is 0.389 e. The number of ketones is 1. The highest BCUT2D eigenvalue weighted by molar-refractivity contribution is 7.90. The van der Waals surface area contributed by atoms with Crippen LogP contribution in [0.4, 0.5) is 26.3 Å². The summed E-state index contributed by atoms with van der Waals surface area (Å²) < 4.78 is 122. The van der Waals surface area contributed by atoms with Crippen LogP contribution in [0.2, 0.25) is 0 Å². The van der Waals surface area contributed by atoms with E-state index in [4.69, 9.17) is 9.47 Å². The summed E-state index contributed by atoms with van der Waals surface area (Å²) in [5, 5.41) is -0.175. The molecule has 0 spiro atoms. The molecule has 0 saturated carbocycles. The topological polar surface area (TPSA) is 87.5 Å². The number of alkyl halides is 4. The molecule has 0 aliphatic carbocycles. The molecule has 0 unspecified atom stereocenters. The first-order chi connectivity index (χ1) is 20.6. The quantitative estimate of drug-likeness (QED) is 0.168. The fraction of sp³-hybridized carbons (Fsp3) is 0.333. The van der Waals surface area contributed by atoms with Crippen molar-refractivity contribution >= 4 is 26.8 Å². The SMILES string of the molecule is Cc1ccc(S(=O)(=O)n2cc(CCC(F)(F)F)c3c(Oc4c(F)cc(CC(=O)CCC5(F)COC5)cc4F)ccnc32)cc1. The van der Waals surface area contributed by atoms with Gasteiger partial charge in [0, 0.05) is 31.7 Å². The lowest BCUT2D eigenvalue weighted by Crippen LogP contribution is -2.45. The molecule has 1 saturated heterocycles. The number of nitrogens with zero attached hydrogens (tertiary/aromatic N) is 2. The first kappa shape index (κ1) is 31.5. The van der Waals surface area contributed by atoms with Gasteiger partial charge in [0.25, 0.3) is 10.0 Å². The van der Waals surface area contributed by atoms with Gasteiger partial charge in [0.1, 0.15) is 11.5 Å². The van der Waals surface area contributed by atoms with Crippen LogP contribution in [0.5, 0.6) is 11.5 Å². The molecule has 4 aromatic rings. The van der Waals surface area contributed by atoms with E-state index in [1.165, 1.54) is 12.1 Å². The summed E-state index contributed by atoms with van der Waals surface area (Å²) >= 11 is 0. The lowest BCUT2D eigenvalue weighted by atomic mass is 9.95. The van der Waals surface area contributed by atoms with Gasteiger partial charge in [-0.15, -0.1) is 0 Å². The molecule has 44 heavy (non-hydrogen) atoms. The Morgan fingerprint density at radius 1 is 1.09 bits per heavy atom. The molecule has 1 aliphatic heterocycles. The average molecular weight is 641 g/mol. The standard InChI is InChI=1S/C30H26F6N2O5S/c1-18-2-4-22(5-3-18)44(40,41)38-15-20(6-10-30(34,35)36)26-25(8-11-37-28(26)38)43-27-23(31)13-19(14-24(27)32)12-21(39)7-9-29(33)16-42-17-29/h2-5,8,11,13-15H,6-7,9-10,12,16-17H2,1H3. The molecule has 234 valence electrons. The number of benzene rings is 2.